The fourth-order valence-electron chi connectivity index (χ4n) is 1.65. The predicted molar refractivity (Wildman–Crippen MR) is 60.0 cm³/mol. The topological polar surface area (TPSA) is 78.7 Å². The highest BCUT2D eigenvalue weighted by Crippen LogP contribution is 2.21. The number of hydrogen-bond acceptors (Lipinski definition) is 2. The first-order valence-corrected chi connectivity index (χ1v) is 4.67. The van der Waals surface area contributed by atoms with Crippen LogP contribution in [0.25, 0.3) is 21.2 Å². The Morgan fingerprint density at radius 3 is 3.00 bits per heavy atom. The van der Waals surface area contributed by atoms with E-state index in [1.54, 1.807) is 24.5 Å². The molecular formula is C11H8N4O. The van der Waals surface area contributed by atoms with Crippen molar-refractivity contribution in [1.29, 1.82) is 0 Å². The predicted octanol–water partition coefficient (Wildman–Crippen LogP) is 2.99. The minimum absolute atomic E-state index is 0.427. The van der Waals surface area contributed by atoms with Crippen LogP contribution in [0.2, 0.25) is 0 Å². The number of rotatable bonds is 1. The fourth-order valence-corrected chi connectivity index (χ4v) is 1.65. The Morgan fingerprint density at radius 1 is 1.44 bits per heavy atom. The maximum atomic E-state index is 11.5. The maximum absolute atomic E-state index is 11.5. The van der Waals surface area contributed by atoms with E-state index in [4.69, 9.17) is 5.53 Å². The van der Waals surface area contributed by atoms with Crippen molar-refractivity contribution >= 4 is 16.7 Å². The number of aromatic nitrogens is 1. The van der Waals surface area contributed by atoms with Crippen LogP contribution in [0, 0.1) is 6.92 Å². The molecule has 1 aromatic heterocycles. The second kappa shape index (κ2) is 4.00. The summed E-state index contributed by atoms with van der Waals surface area (Å²) in [5.41, 5.74) is 9.46. The third-order valence-corrected chi connectivity index (χ3v) is 2.46. The molecule has 1 heterocycles. The number of carbonyl (C=O) groups is 1. The molecule has 0 atom stereocenters. The molecule has 0 bridgehead atoms. The van der Waals surface area contributed by atoms with Crippen LogP contribution in [0.15, 0.2) is 35.7 Å². The summed E-state index contributed by atoms with van der Waals surface area (Å²) in [5.74, 6) is -0.557. The molecule has 0 radical (unpaired) electrons. The lowest BCUT2D eigenvalue weighted by Gasteiger charge is -2.05. The van der Waals surface area contributed by atoms with Gasteiger partial charge in [-0.25, -0.2) is 0 Å². The van der Waals surface area contributed by atoms with Crippen LogP contribution in [0.4, 0.5) is 0 Å². The molecular weight excluding hydrogens is 204 g/mol. The Labute approximate surface area is 91.4 Å². The molecule has 1 amide bonds. The molecule has 0 saturated carbocycles. The van der Waals surface area contributed by atoms with E-state index in [0.717, 1.165) is 16.3 Å². The molecule has 5 heteroatoms. The summed E-state index contributed by atoms with van der Waals surface area (Å²) in [6.45, 7) is 1.82. The minimum Gasteiger partial charge on any atom is -0.287 e. The number of hydrogen-bond donors (Lipinski definition) is 0. The largest absolute Gasteiger partial charge is 0.287 e. The van der Waals surface area contributed by atoms with E-state index in [0.29, 0.717) is 5.56 Å². The number of benzene rings is 1. The second-order valence-corrected chi connectivity index (χ2v) is 3.33. The third-order valence-electron chi connectivity index (χ3n) is 2.46. The average molecular weight is 212 g/mol. The van der Waals surface area contributed by atoms with Gasteiger partial charge >= 0.3 is 0 Å². The van der Waals surface area contributed by atoms with Crippen molar-refractivity contribution in [2.75, 3.05) is 0 Å². The second-order valence-electron chi connectivity index (χ2n) is 3.33. The monoisotopic (exact) mass is 212 g/mol. The minimum atomic E-state index is -0.557. The van der Waals surface area contributed by atoms with Crippen molar-refractivity contribution in [3.05, 3.63) is 52.2 Å². The molecule has 16 heavy (non-hydrogen) atoms. The summed E-state index contributed by atoms with van der Waals surface area (Å²) in [6, 6.07) is 5.27. The van der Waals surface area contributed by atoms with E-state index in [1.165, 1.54) is 0 Å². The maximum Gasteiger partial charge on any atom is 0.249 e. The standard InChI is InChI=1S/C11H8N4O/c1-7-9-4-5-13-6-8(9)2-3-10(7)11(16)14-15-12/h2-6H,1H3. The van der Waals surface area contributed by atoms with Crippen LogP contribution in [0.5, 0.6) is 0 Å². The molecule has 0 N–H and O–H groups in total. The highest BCUT2D eigenvalue weighted by atomic mass is 16.1. The van der Waals surface area contributed by atoms with Crippen molar-refractivity contribution < 1.29 is 4.79 Å². The zero-order chi connectivity index (χ0) is 11.5. The van der Waals surface area contributed by atoms with Gasteiger partial charge in [0, 0.05) is 28.3 Å². The van der Waals surface area contributed by atoms with Gasteiger partial charge in [0.1, 0.15) is 0 Å². The lowest BCUT2D eigenvalue weighted by atomic mass is 10.0. The Morgan fingerprint density at radius 2 is 2.25 bits per heavy atom. The van der Waals surface area contributed by atoms with Gasteiger partial charge in [-0.1, -0.05) is 12.1 Å². The van der Waals surface area contributed by atoms with Gasteiger partial charge in [0.25, 0.3) is 0 Å². The van der Waals surface area contributed by atoms with Gasteiger partial charge < -0.3 is 0 Å². The van der Waals surface area contributed by atoms with Crippen molar-refractivity contribution in [3.63, 3.8) is 0 Å². The molecule has 2 aromatic rings. The van der Waals surface area contributed by atoms with Gasteiger partial charge in [0.05, 0.1) is 0 Å². The summed E-state index contributed by atoms with van der Waals surface area (Å²) < 4.78 is 0. The number of fused-ring (bicyclic) bond motifs is 1. The number of azide groups is 1. The quantitative estimate of drug-likeness (QED) is 0.413. The van der Waals surface area contributed by atoms with E-state index in [9.17, 15) is 4.79 Å². The zero-order valence-corrected chi connectivity index (χ0v) is 8.58. The van der Waals surface area contributed by atoms with E-state index >= 15 is 0 Å². The van der Waals surface area contributed by atoms with Gasteiger partial charge in [-0.15, -0.1) is 0 Å². The SMILES string of the molecule is Cc1c(C(=O)N=[N+]=[N-])ccc2cnccc12. The summed E-state index contributed by atoms with van der Waals surface area (Å²) >= 11 is 0. The van der Waals surface area contributed by atoms with Gasteiger partial charge in [0.15, 0.2) is 0 Å². The molecule has 0 aliphatic carbocycles. The van der Waals surface area contributed by atoms with Crippen LogP contribution < -0.4 is 0 Å². The Hall–Kier alpha value is -2.39. The number of nitrogens with zero attached hydrogens (tertiary/aromatic N) is 4. The Balaban J connectivity index is 2.69. The normalized spacial score (nSPS) is 9.81. The molecule has 5 nitrogen and oxygen atoms in total. The molecule has 0 unspecified atom stereocenters. The number of aryl methyl sites for hydroxylation is 1. The van der Waals surface area contributed by atoms with E-state index < -0.39 is 5.91 Å². The highest BCUT2D eigenvalue weighted by molar-refractivity contribution is 6.01. The third kappa shape index (κ3) is 1.60. The van der Waals surface area contributed by atoms with Crippen LogP contribution in [0.3, 0.4) is 0 Å². The van der Waals surface area contributed by atoms with E-state index in [2.05, 4.69) is 15.0 Å². The number of carbonyl (C=O) groups excluding carboxylic acids is 1. The van der Waals surface area contributed by atoms with Crippen molar-refractivity contribution in [2.45, 2.75) is 6.92 Å². The van der Waals surface area contributed by atoms with Gasteiger partial charge in [-0.05, 0) is 34.6 Å². The molecule has 0 aliphatic rings. The number of pyridine rings is 1. The first kappa shape index (κ1) is 10.1. The first-order chi connectivity index (χ1) is 7.74. The van der Waals surface area contributed by atoms with E-state index in [1.807, 2.05) is 13.0 Å². The van der Waals surface area contributed by atoms with Crippen LogP contribution in [-0.2, 0) is 0 Å². The fraction of sp³-hybridized carbons (Fsp3) is 0.0909. The lowest BCUT2D eigenvalue weighted by molar-refractivity contribution is 0.1000. The molecule has 1 aromatic carbocycles. The molecule has 0 aliphatic heterocycles. The van der Waals surface area contributed by atoms with Gasteiger partial charge in [0.2, 0.25) is 5.91 Å². The molecule has 78 valence electrons. The molecule has 0 fully saturated rings. The molecule has 0 saturated heterocycles. The smallest absolute Gasteiger partial charge is 0.249 e. The van der Waals surface area contributed by atoms with Crippen LogP contribution in [0.1, 0.15) is 15.9 Å². The van der Waals surface area contributed by atoms with Crippen molar-refractivity contribution in [2.24, 2.45) is 5.11 Å². The van der Waals surface area contributed by atoms with Crippen LogP contribution in [-0.4, -0.2) is 10.9 Å². The lowest BCUT2D eigenvalue weighted by Crippen LogP contribution is -1.97. The summed E-state index contributed by atoms with van der Waals surface area (Å²) in [7, 11) is 0. The molecule has 2 rings (SSSR count). The summed E-state index contributed by atoms with van der Waals surface area (Å²) in [5, 5.41) is 4.98. The molecule has 0 spiro atoms. The zero-order valence-electron chi connectivity index (χ0n) is 8.58. The van der Waals surface area contributed by atoms with Crippen molar-refractivity contribution in [1.82, 2.24) is 4.98 Å². The Kier molecular flexibility index (Phi) is 2.54. The average Bonchev–Trinajstić information content (AvgIpc) is 2.30. The first-order valence-electron chi connectivity index (χ1n) is 4.67. The highest BCUT2D eigenvalue weighted by Gasteiger charge is 2.09. The van der Waals surface area contributed by atoms with Crippen molar-refractivity contribution in [3.8, 4) is 0 Å². The number of amides is 1. The van der Waals surface area contributed by atoms with Crippen LogP contribution >= 0.6 is 0 Å². The Bertz CT molecular complexity index is 614. The summed E-state index contributed by atoms with van der Waals surface area (Å²) in [6.07, 6.45) is 3.39. The summed E-state index contributed by atoms with van der Waals surface area (Å²) in [4.78, 5) is 18.0. The van der Waals surface area contributed by atoms with Gasteiger partial charge in [-0.3, -0.25) is 9.78 Å². The van der Waals surface area contributed by atoms with Gasteiger partial charge in [-0.2, -0.15) is 0 Å². The van der Waals surface area contributed by atoms with E-state index in [-0.39, 0.29) is 0 Å².